The molecule has 94 valence electrons. The van der Waals surface area contributed by atoms with Crippen LogP contribution in [0.15, 0.2) is 12.4 Å². The summed E-state index contributed by atoms with van der Waals surface area (Å²) < 4.78 is 5.12. The van der Waals surface area contributed by atoms with Crippen molar-refractivity contribution in [2.75, 3.05) is 45.2 Å². The van der Waals surface area contributed by atoms with E-state index in [2.05, 4.69) is 26.8 Å². The SMILES string of the molecule is COc1cc(N2CCN(C)CC2CN)ncn1. The highest BCUT2D eigenvalue weighted by Crippen LogP contribution is 2.20. The van der Waals surface area contributed by atoms with Gasteiger partial charge in [-0.1, -0.05) is 0 Å². The van der Waals surface area contributed by atoms with Gasteiger partial charge in [-0.05, 0) is 7.05 Å². The van der Waals surface area contributed by atoms with Gasteiger partial charge < -0.3 is 20.3 Å². The maximum Gasteiger partial charge on any atom is 0.218 e. The molecule has 6 nitrogen and oxygen atoms in total. The largest absolute Gasteiger partial charge is 0.481 e. The number of methoxy groups -OCH3 is 1. The highest BCUT2D eigenvalue weighted by molar-refractivity contribution is 5.42. The van der Waals surface area contributed by atoms with Crippen LogP contribution in [0.5, 0.6) is 5.88 Å². The van der Waals surface area contributed by atoms with Crippen LogP contribution in [0.25, 0.3) is 0 Å². The number of piperazine rings is 1. The second kappa shape index (κ2) is 5.29. The van der Waals surface area contributed by atoms with E-state index in [0.29, 0.717) is 18.5 Å². The molecule has 1 aliphatic heterocycles. The van der Waals surface area contributed by atoms with Crippen LogP contribution in [0.2, 0.25) is 0 Å². The Morgan fingerprint density at radius 1 is 1.47 bits per heavy atom. The summed E-state index contributed by atoms with van der Waals surface area (Å²) in [6.07, 6.45) is 1.53. The Kier molecular flexibility index (Phi) is 3.75. The normalized spacial score (nSPS) is 21.6. The fourth-order valence-electron chi connectivity index (χ4n) is 2.11. The zero-order valence-corrected chi connectivity index (χ0v) is 10.3. The Bertz CT molecular complexity index is 373. The summed E-state index contributed by atoms with van der Waals surface area (Å²) in [6.45, 7) is 3.53. The van der Waals surface area contributed by atoms with E-state index in [1.54, 1.807) is 7.11 Å². The van der Waals surface area contributed by atoms with Crippen molar-refractivity contribution in [3.8, 4) is 5.88 Å². The van der Waals surface area contributed by atoms with E-state index in [1.165, 1.54) is 6.33 Å². The highest BCUT2D eigenvalue weighted by atomic mass is 16.5. The van der Waals surface area contributed by atoms with Gasteiger partial charge in [0.1, 0.15) is 12.1 Å². The van der Waals surface area contributed by atoms with Gasteiger partial charge in [-0.25, -0.2) is 9.97 Å². The van der Waals surface area contributed by atoms with Crippen LogP contribution in [-0.4, -0.2) is 61.2 Å². The second-order valence-corrected chi connectivity index (χ2v) is 4.26. The van der Waals surface area contributed by atoms with Crippen LogP contribution in [0.4, 0.5) is 5.82 Å². The Morgan fingerprint density at radius 3 is 3.00 bits per heavy atom. The lowest BCUT2D eigenvalue weighted by Gasteiger charge is -2.40. The number of ether oxygens (including phenoxy) is 1. The first-order chi connectivity index (χ1) is 8.24. The van der Waals surface area contributed by atoms with Gasteiger partial charge in [-0.15, -0.1) is 0 Å². The number of nitrogens with two attached hydrogens (primary N) is 1. The third-order valence-electron chi connectivity index (χ3n) is 3.09. The first kappa shape index (κ1) is 12.1. The summed E-state index contributed by atoms with van der Waals surface area (Å²) in [5, 5.41) is 0. The zero-order valence-electron chi connectivity index (χ0n) is 10.3. The Balaban J connectivity index is 2.19. The molecule has 17 heavy (non-hydrogen) atoms. The molecule has 1 fully saturated rings. The fourth-order valence-corrected chi connectivity index (χ4v) is 2.11. The molecular formula is C11H19N5O. The number of likely N-dealkylation sites (N-methyl/N-ethyl adjacent to an activating group) is 1. The minimum Gasteiger partial charge on any atom is -0.481 e. The Labute approximate surface area is 101 Å². The van der Waals surface area contributed by atoms with Gasteiger partial charge >= 0.3 is 0 Å². The minimum atomic E-state index is 0.299. The molecule has 0 bridgehead atoms. The van der Waals surface area contributed by atoms with Gasteiger partial charge in [0.05, 0.1) is 13.2 Å². The molecule has 0 saturated carbocycles. The lowest BCUT2D eigenvalue weighted by atomic mass is 10.1. The molecule has 2 heterocycles. The smallest absolute Gasteiger partial charge is 0.218 e. The van der Waals surface area contributed by atoms with Crippen molar-refractivity contribution in [2.24, 2.45) is 5.73 Å². The van der Waals surface area contributed by atoms with Crippen molar-refractivity contribution in [3.05, 3.63) is 12.4 Å². The van der Waals surface area contributed by atoms with Crippen molar-refractivity contribution in [3.63, 3.8) is 0 Å². The first-order valence-corrected chi connectivity index (χ1v) is 5.76. The first-order valence-electron chi connectivity index (χ1n) is 5.76. The predicted octanol–water partition coefficient (Wildman–Crippen LogP) is -0.436. The van der Waals surface area contributed by atoms with Crippen LogP contribution in [0.1, 0.15) is 0 Å². The van der Waals surface area contributed by atoms with Crippen LogP contribution < -0.4 is 15.4 Å². The molecule has 2 N–H and O–H groups in total. The fraction of sp³-hybridized carbons (Fsp3) is 0.636. The quantitative estimate of drug-likeness (QED) is 0.769. The zero-order chi connectivity index (χ0) is 12.3. The molecule has 1 unspecified atom stereocenters. The molecule has 1 aliphatic rings. The summed E-state index contributed by atoms with van der Waals surface area (Å²) in [5.41, 5.74) is 5.82. The summed E-state index contributed by atoms with van der Waals surface area (Å²) in [6, 6.07) is 2.15. The average molecular weight is 237 g/mol. The number of rotatable bonds is 3. The molecule has 1 saturated heterocycles. The number of aromatic nitrogens is 2. The molecule has 6 heteroatoms. The van der Waals surface area contributed by atoms with Gasteiger partial charge in [-0.2, -0.15) is 0 Å². The topological polar surface area (TPSA) is 67.5 Å². The standard InChI is InChI=1S/C11H19N5O/c1-15-3-4-16(9(6-12)7-15)10-5-11(17-2)14-8-13-10/h5,8-9H,3-4,6-7,12H2,1-2H3. The summed E-state index contributed by atoms with van der Waals surface area (Å²) in [7, 11) is 3.72. The number of hydrogen-bond acceptors (Lipinski definition) is 6. The summed E-state index contributed by atoms with van der Waals surface area (Å²) in [4.78, 5) is 12.8. The van der Waals surface area contributed by atoms with E-state index in [9.17, 15) is 0 Å². The molecule has 1 aromatic rings. The van der Waals surface area contributed by atoms with Gasteiger partial charge in [0.25, 0.3) is 0 Å². The molecule has 0 aromatic carbocycles. The van der Waals surface area contributed by atoms with Crippen molar-refractivity contribution >= 4 is 5.82 Å². The molecular weight excluding hydrogens is 218 g/mol. The number of hydrogen-bond donors (Lipinski definition) is 1. The minimum absolute atomic E-state index is 0.299. The molecule has 0 aliphatic carbocycles. The maximum absolute atomic E-state index is 5.82. The summed E-state index contributed by atoms with van der Waals surface area (Å²) in [5.74, 6) is 1.48. The van der Waals surface area contributed by atoms with Gasteiger partial charge in [0, 0.05) is 32.2 Å². The Hall–Kier alpha value is -1.40. The molecule has 1 aromatic heterocycles. The van der Waals surface area contributed by atoms with Crippen molar-refractivity contribution in [1.29, 1.82) is 0 Å². The van der Waals surface area contributed by atoms with Crippen LogP contribution in [0.3, 0.4) is 0 Å². The van der Waals surface area contributed by atoms with E-state index < -0.39 is 0 Å². The lowest BCUT2D eigenvalue weighted by molar-refractivity contribution is 0.268. The maximum atomic E-state index is 5.82. The molecule has 0 amide bonds. The van der Waals surface area contributed by atoms with Gasteiger partial charge in [0.15, 0.2) is 0 Å². The number of nitrogens with zero attached hydrogens (tertiary/aromatic N) is 4. The van der Waals surface area contributed by atoms with Crippen molar-refractivity contribution in [1.82, 2.24) is 14.9 Å². The van der Waals surface area contributed by atoms with E-state index in [-0.39, 0.29) is 0 Å². The van der Waals surface area contributed by atoms with Crippen molar-refractivity contribution in [2.45, 2.75) is 6.04 Å². The van der Waals surface area contributed by atoms with E-state index in [4.69, 9.17) is 10.5 Å². The monoisotopic (exact) mass is 237 g/mol. The summed E-state index contributed by atoms with van der Waals surface area (Å²) >= 11 is 0. The van der Waals surface area contributed by atoms with Crippen LogP contribution >= 0.6 is 0 Å². The van der Waals surface area contributed by atoms with E-state index >= 15 is 0 Å². The van der Waals surface area contributed by atoms with E-state index in [1.807, 2.05) is 6.07 Å². The second-order valence-electron chi connectivity index (χ2n) is 4.26. The predicted molar refractivity (Wildman–Crippen MR) is 66.3 cm³/mol. The van der Waals surface area contributed by atoms with E-state index in [0.717, 1.165) is 25.5 Å². The molecule has 2 rings (SSSR count). The van der Waals surface area contributed by atoms with Crippen LogP contribution in [-0.2, 0) is 0 Å². The highest BCUT2D eigenvalue weighted by Gasteiger charge is 2.25. The van der Waals surface area contributed by atoms with Gasteiger partial charge in [0.2, 0.25) is 5.88 Å². The third kappa shape index (κ3) is 2.65. The lowest BCUT2D eigenvalue weighted by Crippen LogP contribution is -2.55. The molecule has 0 spiro atoms. The molecule has 0 radical (unpaired) electrons. The third-order valence-corrected chi connectivity index (χ3v) is 3.09. The average Bonchev–Trinajstić information content (AvgIpc) is 2.38. The van der Waals surface area contributed by atoms with Gasteiger partial charge in [-0.3, -0.25) is 0 Å². The number of anilines is 1. The molecule has 1 atom stereocenters. The van der Waals surface area contributed by atoms with Crippen molar-refractivity contribution < 1.29 is 4.74 Å². The Morgan fingerprint density at radius 2 is 2.29 bits per heavy atom. The van der Waals surface area contributed by atoms with Crippen LogP contribution in [0, 0.1) is 0 Å².